The van der Waals surface area contributed by atoms with Crippen molar-refractivity contribution in [3.8, 4) is 22.5 Å². The summed E-state index contributed by atoms with van der Waals surface area (Å²) in [4.78, 5) is 21.6. The number of aryl methyl sites for hydroxylation is 1. The van der Waals surface area contributed by atoms with E-state index in [4.69, 9.17) is 19.9 Å². The van der Waals surface area contributed by atoms with Gasteiger partial charge in [-0.2, -0.15) is 0 Å². The Morgan fingerprint density at radius 1 is 0.568 bits per heavy atom. The molecule has 0 saturated carbocycles. The zero-order chi connectivity index (χ0) is 25.3. The third-order valence-electron chi connectivity index (χ3n) is 8.15. The van der Waals surface area contributed by atoms with Gasteiger partial charge in [-0.05, 0) is 31.9 Å². The number of allylic oxidation sites excluding steroid dienone is 2. The second kappa shape index (κ2) is 6.48. The fourth-order valence-corrected chi connectivity index (χ4v) is 6.24. The molecule has 0 spiro atoms. The van der Waals surface area contributed by atoms with Gasteiger partial charge < -0.3 is 0 Å². The lowest BCUT2D eigenvalue weighted by Crippen LogP contribution is -2.03. The highest BCUT2D eigenvalue weighted by atomic mass is 15.4. The maximum absolute atomic E-state index is 5.42. The lowest BCUT2D eigenvalue weighted by atomic mass is 10.1. The molecule has 0 atom stereocenters. The van der Waals surface area contributed by atoms with Crippen LogP contribution in [-0.4, -0.2) is 29.0 Å². The van der Waals surface area contributed by atoms with Crippen LogP contribution >= 0.6 is 0 Å². The van der Waals surface area contributed by atoms with Crippen LogP contribution in [0.3, 0.4) is 0 Å². The van der Waals surface area contributed by atoms with E-state index in [-0.39, 0.29) is 0 Å². The zero-order valence-corrected chi connectivity index (χ0v) is 20.8. The molecule has 12 bridgehead atoms. The van der Waals surface area contributed by atoms with Crippen molar-refractivity contribution in [2.75, 3.05) is 0 Å². The zero-order valence-electron chi connectivity index (χ0n) is 20.8. The SMILES string of the molecule is C=Cc1c(C)c2nc3c4c(nc5c(C=C)c(C=C)c6nc7c4c(nc1n2n65)C(C)=C7C)-c1ccccc1-3. The first-order valence-corrected chi connectivity index (χ1v) is 12.3. The van der Waals surface area contributed by atoms with E-state index >= 15 is 0 Å². The first-order valence-electron chi connectivity index (χ1n) is 12.3. The minimum absolute atomic E-state index is 0.732. The molecule has 1 aromatic carbocycles. The molecule has 6 aromatic heterocycles. The Bertz CT molecular complexity index is 2170. The van der Waals surface area contributed by atoms with Crippen molar-refractivity contribution in [2.24, 2.45) is 0 Å². The monoisotopic (exact) mass is 478 g/mol. The summed E-state index contributed by atoms with van der Waals surface area (Å²) in [5.74, 6) is 0. The maximum Gasteiger partial charge on any atom is 0.162 e. The second-order valence-corrected chi connectivity index (χ2v) is 9.78. The van der Waals surface area contributed by atoms with Crippen LogP contribution in [0.25, 0.3) is 85.3 Å². The van der Waals surface area contributed by atoms with Gasteiger partial charge in [0.25, 0.3) is 0 Å². The Morgan fingerprint density at radius 3 is 1.49 bits per heavy atom. The quantitative estimate of drug-likeness (QED) is 0.269. The van der Waals surface area contributed by atoms with Crippen LogP contribution in [0.5, 0.6) is 0 Å². The van der Waals surface area contributed by atoms with Crippen LogP contribution in [0.15, 0.2) is 44.0 Å². The number of nitrogens with zero attached hydrogens (tertiary/aromatic N) is 6. The molecule has 2 aliphatic rings. The molecule has 0 amide bonds. The maximum atomic E-state index is 5.42. The standard InChI is InChI=1S/C31H22N6/c1-7-17-16(6)28-34-26-20-12-10-11-13-21(20)27-23(26)22-24-14(4)15(5)25(22)33-30-18(8-2)19(9-3)31(35-27)37(30)36(28)29(17)32-24/h7-13H,1-3H2,4-6H3. The molecule has 6 heterocycles. The molecular weight excluding hydrogens is 456 g/mol. The predicted molar refractivity (Wildman–Crippen MR) is 152 cm³/mol. The van der Waals surface area contributed by atoms with E-state index in [0.29, 0.717) is 0 Å². The van der Waals surface area contributed by atoms with Crippen LogP contribution in [0, 0.1) is 6.92 Å². The van der Waals surface area contributed by atoms with Gasteiger partial charge in [0, 0.05) is 44.2 Å². The van der Waals surface area contributed by atoms with Crippen LogP contribution < -0.4 is 0 Å². The van der Waals surface area contributed by atoms with Gasteiger partial charge in [-0.3, -0.25) is 0 Å². The highest BCUT2D eigenvalue weighted by Gasteiger charge is 2.33. The molecule has 0 unspecified atom stereocenters. The molecule has 176 valence electrons. The molecule has 6 heteroatoms. The van der Waals surface area contributed by atoms with E-state index in [1.54, 1.807) is 0 Å². The summed E-state index contributed by atoms with van der Waals surface area (Å²) < 4.78 is 4.10. The first-order chi connectivity index (χ1) is 18.0. The highest BCUT2D eigenvalue weighted by molar-refractivity contribution is 6.20. The summed E-state index contributed by atoms with van der Waals surface area (Å²) in [7, 11) is 0. The first kappa shape index (κ1) is 20.4. The fraction of sp³-hybridized carbons (Fsp3) is 0.0968. The summed E-state index contributed by atoms with van der Waals surface area (Å²) in [5.41, 5.74) is 14.6. The molecule has 0 N–H and O–H groups in total. The molecule has 2 aliphatic carbocycles. The van der Waals surface area contributed by atoms with E-state index in [1.165, 1.54) is 0 Å². The molecule has 0 fully saturated rings. The van der Waals surface area contributed by atoms with Gasteiger partial charge in [0.05, 0.1) is 22.8 Å². The van der Waals surface area contributed by atoms with Crippen LogP contribution in [-0.2, 0) is 0 Å². The number of benzene rings is 1. The molecule has 9 rings (SSSR count). The molecule has 0 radical (unpaired) electrons. The molecule has 0 aliphatic heterocycles. The number of fused-ring (bicyclic) bond motifs is 1. The number of aromatic nitrogens is 6. The van der Waals surface area contributed by atoms with Crippen molar-refractivity contribution in [3.05, 3.63) is 77.6 Å². The average Bonchev–Trinajstić information content (AvgIpc) is 3.57. The average molecular weight is 479 g/mol. The second-order valence-electron chi connectivity index (χ2n) is 9.78. The van der Waals surface area contributed by atoms with Crippen molar-refractivity contribution < 1.29 is 0 Å². The Balaban J connectivity index is 1.94. The normalized spacial score (nSPS) is 13.5. The molecule has 0 saturated heterocycles. The lowest BCUT2D eigenvalue weighted by molar-refractivity contribution is 0.876. The summed E-state index contributed by atoms with van der Waals surface area (Å²) in [6.07, 6.45) is 5.56. The topological polar surface area (TPSA) is 60.4 Å². The van der Waals surface area contributed by atoms with Gasteiger partial charge in [0.1, 0.15) is 0 Å². The van der Waals surface area contributed by atoms with Crippen molar-refractivity contribution >= 4 is 62.7 Å². The van der Waals surface area contributed by atoms with Crippen molar-refractivity contribution in [2.45, 2.75) is 20.8 Å². The molecule has 6 nitrogen and oxygen atoms in total. The van der Waals surface area contributed by atoms with Crippen molar-refractivity contribution in [3.63, 3.8) is 0 Å². The number of hydrogen-bond donors (Lipinski definition) is 0. The molecule has 7 aromatic rings. The summed E-state index contributed by atoms with van der Waals surface area (Å²) in [6.45, 7) is 18.8. The van der Waals surface area contributed by atoms with Crippen LogP contribution in [0.1, 0.15) is 47.5 Å². The van der Waals surface area contributed by atoms with E-state index in [9.17, 15) is 0 Å². The minimum atomic E-state index is 0.732. The highest BCUT2D eigenvalue weighted by Crippen LogP contribution is 2.50. The van der Waals surface area contributed by atoms with E-state index in [1.807, 2.05) is 22.7 Å². The van der Waals surface area contributed by atoms with E-state index in [0.717, 1.165) is 101 Å². The molecular formula is C31H22N6. The van der Waals surface area contributed by atoms with Crippen LogP contribution in [0.4, 0.5) is 0 Å². The Labute approximate surface area is 212 Å². The van der Waals surface area contributed by atoms with Crippen molar-refractivity contribution in [1.82, 2.24) is 29.0 Å². The lowest BCUT2D eigenvalue weighted by Gasteiger charge is -2.05. The Hall–Kier alpha value is -4.84. The van der Waals surface area contributed by atoms with Crippen LogP contribution in [0.2, 0.25) is 0 Å². The van der Waals surface area contributed by atoms with Gasteiger partial charge in [-0.1, -0.05) is 62.2 Å². The largest absolute Gasteiger partial charge is 0.228 e. The molecule has 37 heavy (non-hydrogen) atoms. The minimum Gasteiger partial charge on any atom is -0.228 e. The Morgan fingerprint density at radius 2 is 0.973 bits per heavy atom. The third kappa shape index (κ3) is 2.11. The predicted octanol–water partition coefficient (Wildman–Crippen LogP) is 7.23. The smallest absolute Gasteiger partial charge is 0.162 e. The number of hydrogen-bond acceptors (Lipinski definition) is 4. The summed E-state index contributed by atoms with van der Waals surface area (Å²) in [5, 5.41) is 1.96. The van der Waals surface area contributed by atoms with E-state index in [2.05, 4.69) is 69.3 Å². The van der Waals surface area contributed by atoms with E-state index < -0.39 is 0 Å². The Kier molecular flexibility index (Phi) is 3.56. The van der Waals surface area contributed by atoms with Gasteiger partial charge in [-0.15, -0.1) is 0 Å². The summed E-state index contributed by atoms with van der Waals surface area (Å²) >= 11 is 0. The summed E-state index contributed by atoms with van der Waals surface area (Å²) in [6, 6.07) is 8.37. The van der Waals surface area contributed by atoms with Gasteiger partial charge in [0.15, 0.2) is 22.6 Å². The number of rotatable bonds is 3. The van der Waals surface area contributed by atoms with Gasteiger partial charge in [0.2, 0.25) is 0 Å². The van der Waals surface area contributed by atoms with Crippen molar-refractivity contribution in [1.29, 1.82) is 0 Å². The van der Waals surface area contributed by atoms with Gasteiger partial charge >= 0.3 is 0 Å². The van der Waals surface area contributed by atoms with Gasteiger partial charge in [-0.25, -0.2) is 29.0 Å². The fourth-order valence-electron chi connectivity index (χ4n) is 6.24. The third-order valence-corrected chi connectivity index (χ3v) is 8.15.